The Morgan fingerprint density at radius 3 is 2.58 bits per heavy atom. The van der Waals surface area contributed by atoms with Crippen LogP contribution in [0.25, 0.3) is 0 Å². The van der Waals surface area contributed by atoms with Gasteiger partial charge in [-0.15, -0.1) is 0 Å². The number of carbonyl (C=O) groups excluding carboxylic acids is 2. The molecule has 126 valence electrons. The first kappa shape index (κ1) is 17.5. The molecule has 0 aliphatic carbocycles. The Morgan fingerprint density at radius 1 is 1.12 bits per heavy atom. The third-order valence-electron chi connectivity index (χ3n) is 3.27. The van der Waals surface area contributed by atoms with Crippen molar-refractivity contribution in [2.24, 2.45) is 0 Å². The Kier molecular flexibility index (Phi) is 5.89. The van der Waals surface area contributed by atoms with Crippen LogP contribution in [0, 0.1) is 5.82 Å². The first-order chi connectivity index (χ1) is 11.5. The lowest BCUT2D eigenvalue weighted by molar-refractivity contribution is -0.118. The maximum absolute atomic E-state index is 13.8. The average Bonchev–Trinajstić information content (AvgIpc) is 2.55. The molecule has 5 nitrogen and oxygen atoms in total. The standard InChI is InChI=1S/C18H19FN2O3/c1-3-13-6-4-5-7-17(13)24-11-18(23)21-16-10-14(20-12(2)22)8-9-15(16)19/h4-10H,3,11H2,1-2H3,(H,20,22)(H,21,23). The Labute approximate surface area is 139 Å². The largest absolute Gasteiger partial charge is 0.483 e. The van der Waals surface area contributed by atoms with Crippen LogP contribution in [0.5, 0.6) is 5.75 Å². The lowest BCUT2D eigenvalue weighted by Crippen LogP contribution is -2.21. The molecule has 2 amide bonds. The van der Waals surface area contributed by atoms with E-state index in [-0.39, 0.29) is 18.2 Å². The number of para-hydroxylation sites is 1. The lowest BCUT2D eigenvalue weighted by atomic mass is 10.1. The van der Waals surface area contributed by atoms with Gasteiger partial charge in [-0.25, -0.2) is 4.39 Å². The fourth-order valence-corrected chi connectivity index (χ4v) is 2.17. The molecule has 2 aromatic carbocycles. The van der Waals surface area contributed by atoms with Crippen molar-refractivity contribution in [1.82, 2.24) is 0 Å². The summed E-state index contributed by atoms with van der Waals surface area (Å²) in [5.74, 6) is -0.729. The molecule has 0 aliphatic rings. The summed E-state index contributed by atoms with van der Waals surface area (Å²) in [6.07, 6.45) is 0.783. The van der Waals surface area contributed by atoms with E-state index in [2.05, 4.69) is 10.6 Å². The molecular weight excluding hydrogens is 311 g/mol. The van der Waals surface area contributed by atoms with Gasteiger partial charge in [-0.2, -0.15) is 0 Å². The summed E-state index contributed by atoms with van der Waals surface area (Å²) in [7, 11) is 0. The number of carbonyl (C=O) groups is 2. The Morgan fingerprint density at radius 2 is 1.88 bits per heavy atom. The molecule has 2 aromatic rings. The molecule has 6 heteroatoms. The van der Waals surface area contributed by atoms with Crippen molar-refractivity contribution in [3.8, 4) is 5.75 Å². The van der Waals surface area contributed by atoms with Crippen LogP contribution in [0.3, 0.4) is 0 Å². The maximum Gasteiger partial charge on any atom is 0.262 e. The zero-order valence-electron chi connectivity index (χ0n) is 13.6. The molecule has 0 fully saturated rings. The van der Waals surface area contributed by atoms with Gasteiger partial charge in [0.1, 0.15) is 11.6 Å². The molecule has 0 atom stereocenters. The highest BCUT2D eigenvalue weighted by Gasteiger charge is 2.10. The molecule has 0 heterocycles. The van der Waals surface area contributed by atoms with Crippen LogP contribution in [0.4, 0.5) is 15.8 Å². The number of benzene rings is 2. The first-order valence-electron chi connectivity index (χ1n) is 7.57. The molecule has 2 rings (SSSR count). The van der Waals surface area contributed by atoms with Gasteiger partial charge in [0, 0.05) is 12.6 Å². The summed E-state index contributed by atoms with van der Waals surface area (Å²) >= 11 is 0. The maximum atomic E-state index is 13.8. The van der Waals surface area contributed by atoms with Gasteiger partial charge in [-0.05, 0) is 36.2 Å². The first-order valence-corrected chi connectivity index (χ1v) is 7.57. The highest BCUT2D eigenvalue weighted by molar-refractivity contribution is 5.94. The quantitative estimate of drug-likeness (QED) is 0.853. The minimum absolute atomic E-state index is 0.0152. The van der Waals surface area contributed by atoms with Gasteiger partial charge in [-0.1, -0.05) is 25.1 Å². The molecule has 0 aliphatic heterocycles. The van der Waals surface area contributed by atoms with Crippen LogP contribution in [-0.2, 0) is 16.0 Å². The smallest absolute Gasteiger partial charge is 0.262 e. The summed E-state index contributed by atoms with van der Waals surface area (Å²) in [5, 5.41) is 4.97. The van der Waals surface area contributed by atoms with Gasteiger partial charge >= 0.3 is 0 Å². The second kappa shape index (κ2) is 8.10. The number of amides is 2. The monoisotopic (exact) mass is 330 g/mol. The van der Waals surface area contributed by atoms with Gasteiger partial charge in [-0.3, -0.25) is 9.59 Å². The predicted molar refractivity (Wildman–Crippen MR) is 90.6 cm³/mol. The highest BCUT2D eigenvalue weighted by atomic mass is 19.1. The van der Waals surface area contributed by atoms with Gasteiger partial charge in [0.2, 0.25) is 5.91 Å². The van der Waals surface area contributed by atoms with Crippen molar-refractivity contribution in [2.45, 2.75) is 20.3 Å². The molecule has 0 saturated carbocycles. The van der Waals surface area contributed by atoms with Crippen molar-refractivity contribution in [3.05, 3.63) is 53.8 Å². The van der Waals surface area contributed by atoms with E-state index in [1.54, 1.807) is 6.07 Å². The lowest BCUT2D eigenvalue weighted by Gasteiger charge is -2.12. The van der Waals surface area contributed by atoms with Crippen molar-refractivity contribution in [3.63, 3.8) is 0 Å². The topological polar surface area (TPSA) is 67.4 Å². The minimum atomic E-state index is -0.591. The number of hydrogen-bond acceptors (Lipinski definition) is 3. The summed E-state index contributed by atoms with van der Waals surface area (Å²) < 4.78 is 19.3. The summed E-state index contributed by atoms with van der Waals surface area (Å²) in [5.41, 5.74) is 1.37. The average molecular weight is 330 g/mol. The van der Waals surface area contributed by atoms with E-state index < -0.39 is 11.7 Å². The highest BCUT2D eigenvalue weighted by Crippen LogP contribution is 2.21. The normalized spacial score (nSPS) is 10.1. The van der Waals surface area contributed by atoms with E-state index in [0.717, 1.165) is 12.0 Å². The SMILES string of the molecule is CCc1ccccc1OCC(=O)Nc1cc(NC(C)=O)ccc1F. The van der Waals surface area contributed by atoms with Gasteiger partial charge in [0.15, 0.2) is 6.61 Å². The minimum Gasteiger partial charge on any atom is -0.483 e. The molecule has 2 N–H and O–H groups in total. The fraction of sp³-hybridized carbons (Fsp3) is 0.222. The number of halogens is 1. The summed E-state index contributed by atoms with van der Waals surface area (Å²) in [6.45, 7) is 3.10. The molecule has 0 bridgehead atoms. The van der Waals surface area contributed by atoms with Crippen molar-refractivity contribution in [2.75, 3.05) is 17.2 Å². The van der Waals surface area contributed by atoms with E-state index in [1.807, 2.05) is 25.1 Å². The molecule has 0 spiro atoms. The third-order valence-corrected chi connectivity index (χ3v) is 3.27. The Balaban J connectivity index is 2.00. The zero-order valence-corrected chi connectivity index (χ0v) is 13.6. The van der Waals surface area contributed by atoms with Crippen molar-refractivity contribution < 1.29 is 18.7 Å². The molecule has 0 saturated heterocycles. The molecule has 0 radical (unpaired) electrons. The van der Waals surface area contributed by atoms with Gasteiger partial charge < -0.3 is 15.4 Å². The van der Waals surface area contributed by atoms with Crippen LogP contribution in [-0.4, -0.2) is 18.4 Å². The second-order valence-corrected chi connectivity index (χ2v) is 5.17. The van der Waals surface area contributed by atoms with Crippen LogP contribution in [0.1, 0.15) is 19.4 Å². The zero-order chi connectivity index (χ0) is 17.5. The molecule has 24 heavy (non-hydrogen) atoms. The van der Waals surface area contributed by atoms with E-state index in [1.165, 1.54) is 25.1 Å². The number of rotatable bonds is 6. The van der Waals surface area contributed by atoms with E-state index in [0.29, 0.717) is 11.4 Å². The fourth-order valence-electron chi connectivity index (χ4n) is 2.17. The third kappa shape index (κ3) is 4.81. The number of nitrogens with one attached hydrogen (secondary N) is 2. The van der Waals surface area contributed by atoms with Crippen LogP contribution < -0.4 is 15.4 Å². The van der Waals surface area contributed by atoms with Gasteiger partial charge in [0.05, 0.1) is 5.69 Å². The van der Waals surface area contributed by atoms with Crippen molar-refractivity contribution >= 4 is 23.2 Å². The molecule has 0 aromatic heterocycles. The second-order valence-electron chi connectivity index (χ2n) is 5.17. The number of anilines is 2. The van der Waals surface area contributed by atoms with Crippen LogP contribution in [0.2, 0.25) is 0 Å². The summed E-state index contributed by atoms with van der Waals surface area (Å²) in [4.78, 5) is 23.0. The number of hydrogen-bond donors (Lipinski definition) is 2. The van der Waals surface area contributed by atoms with E-state index in [4.69, 9.17) is 4.74 Å². The van der Waals surface area contributed by atoms with Crippen LogP contribution >= 0.6 is 0 Å². The van der Waals surface area contributed by atoms with E-state index >= 15 is 0 Å². The van der Waals surface area contributed by atoms with E-state index in [9.17, 15) is 14.0 Å². The summed E-state index contributed by atoms with van der Waals surface area (Å²) in [6, 6.07) is 11.4. The predicted octanol–water partition coefficient (Wildman–Crippen LogP) is 3.36. The Hall–Kier alpha value is -2.89. The Bertz CT molecular complexity index is 747. The van der Waals surface area contributed by atoms with Crippen LogP contribution in [0.15, 0.2) is 42.5 Å². The van der Waals surface area contributed by atoms with Gasteiger partial charge in [0.25, 0.3) is 5.91 Å². The number of ether oxygens (including phenoxy) is 1. The number of aryl methyl sites for hydroxylation is 1. The van der Waals surface area contributed by atoms with Crippen molar-refractivity contribution in [1.29, 1.82) is 0 Å². The molecular formula is C18H19FN2O3. The molecule has 0 unspecified atom stereocenters.